The molecule has 0 radical (unpaired) electrons. The van der Waals surface area contributed by atoms with Gasteiger partial charge in [-0.15, -0.1) is 12.4 Å². The summed E-state index contributed by atoms with van der Waals surface area (Å²) < 4.78 is 0. The van der Waals surface area contributed by atoms with Gasteiger partial charge < -0.3 is 15.1 Å². The Labute approximate surface area is 124 Å². The van der Waals surface area contributed by atoms with Crippen LogP contribution in [0.5, 0.6) is 0 Å². The van der Waals surface area contributed by atoms with Crippen molar-refractivity contribution in [3.05, 3.63) is 0 Å². The molecule has 118 valence electrons. The van der Waals surface area contributed by atoms with Crippen LogP contribution in [-0.2, 0) is 4.79 Å². The smallest absolute Gasteiger partial charge is 0.306 e. The van der Waals surface area contributed by atoms with Crippen LogP contribution >= 0.6 is 12.4 Å². The van der Waals surface area contributed by atoms with E-state index < -0.39 is 5.97 Å². The summed E-state index contributed by atoms with van der Waals surface area (Å²) in [7, 11) is 0. The maximum Gasteiger partial charge on any atom is 0.306 e. The molecule has 0 amide bonds. The lowest BCUT2D eigenvalue weighted by molar-refractivity contribution is -0.142. The zero-order chi connectivity index (χ0) is 14.4. The van der Waals surface area contributed by atoms with Crippen molar-refractivity contribution in [2.75, 3.05) is 26.2 Å². The van der Waals surface area contributed by atoms with E-state index in [1.54, 1.807) is 0 Å². The predicted octanol–water partition coefficient (Wildman–Crippen LogP) is 3.03. The summed E-state index contributed by atoms with van der Waals surface area (Å²) in [5.74, 6) is -0.754. The number of unbranched alkanes of at least 4 members (excludes halogenated alkanes) is 1. The standard InChI is InChI=1S/C8H16O2.C6H15NO.ClH/c1-3-5-6-7(4-2)8(9)10;1-3-7(4-2)5-6-8;/h7H,3-6H2,1-2H3,(H,9,10);8H,3-6H2,1-2H3;1H. The number of aliphatic carboxylic acids is 1. The largest absolute Gasteiger partial charge is 0.481 e. The molecule has 5 heteroatoms. The van der Waals surface area contributed by atoms with Crippen LogP contribution in [0.4, 0.5) is 0 Å². The van der Waals surface area contributed by atoms with Crippen LogP contribution in [-0.4, -0.2) is 47.3 Å². The van der Waals surface area contributed by atoms with E-state index in [2.05, 4.69) is 25.7 Å². The molecule has 2 N–H and O–H groups in total. The molecule has 0 heterocycles. The first-order valence-corrected chi connectivity index (χ1v) is 7.13. The molecule has 0 aromatic carbocycles. The number of hydrogen-bond acceptors (Lipinski definition) is 3. The summed E-state index contributed by atoms with van der Waals surface area (Å²) >= 11 is 0. The first kappa shape index (κ1) is 23.7. The van der Waals surface area contributed by atoms with Crippen LogP contribution in [0.15, 0.2) is 0 Å². The van der Waals surface area contributed by atoms with Gasteiger partial charge in [0.15, 0.2) is 0 Å². The van der Waals surface area contributed by atoms with Gasteiger partial charge in [-0.05, 0) is 25.9 Å². The Kier molecular flexibility index (Phi) is 22.1. The average molecular weight is 298 g/mol. The van der Waals surface area contributed by atoms with Crippen molar-refractivity contribution in [2.45, 2.75) is 53.4 Å². The Balaban J connectivity index is -0.000000262. The summed E-state index contributed by atoms with van der Waals surface area (Å²) in [6, 6.07) is 0. The molecular weight excluding hydrogens is 266 g/mol. The molecule has 0 saturated heterocycles. The second kappa shape index (κ2) is 17.7. The normalized spacial score (nSPS) is 11.3. The minimum atomic E-state index is -0.643. The predicted molar refractivity (Wildman–Crippen MR) is 83.1 cm³/mol. The van der Waals surface area contributed by atoms with Gasteiger partial charge in [0.25, 0.3) is 0 Å². The second-order valence-electron chi connectivity index (χ2n) is 4.34. The van der Waals surface area contributed by atoms with E-state index in [0.717, 1.165) is 45.3 Å². The zero-order valence-electron chi connectivity index (χ0n) is 12.9. The quantitative estimate of drug-likeness (QED) is 0.687. The number of carboxylic acids is 1. The Morgan fingerprint density at radius 3 is 1.89 bits per heavy atom. The molecule has 1 unspecified atom stereocenters. The molecule has 0 fully saturated rings. The van der Waals surface area contributed by atoms with Crippen molar-refractivity contribution < 1.29 is 15.0 Å². The van der Waals surface area contributed by atoms with Crippen molar-refractivity contribution >= 4 is 18.4 Å². The summed E-state index contributed by atoms with van der Waals surface area (Å²) in [4.78, 5) is 12.6. The van der Waals surface area contributed by atoms with Crippen LogP contribution in [0.1, 0.15) is 53.4 Å². The van der Waals surface area contributed by atoms with E-state index in [4.69, 9.17) is 10.2 Å². The lowest BCUT2D eigenvalue weighted by Gasteiger charge is -2.15. The van der Waals surface area contributed by atoms with E-state index in [-0.39, 0.29) is 24.9 Å². The summed E-state index contributed by atoms with van der Waals surface area (Å²) in [6.07, 6.45) is 3.71. The molecule has 1 atom stereocenters. The van der Waals surface area contributed by atoms with Gasteiger partial charge in [-0.3, -0.25) is 4.79 Å². The number of aliphatic hydroxyl groups excluding tert-OH is 1. The fraction of sp³-hybridized carbons (Fsp3) is 0.929. The van der Waals surface area contributed by atoms with Crippen LogP contribution in [0.25, 0.3) is 0 Å². The van der Waals surface area contributed by atoms with E-state index in [9.17, 15) is 4.79 Å². The first-order chi connectivity index (χ1) is 8.56. The number of carboxylic acid groups (broad SMARTS) is 1. The number of likely N-dealkylation sites (N-methyl/N-ethyl adjacent to an activating group) is 1. The molecule has 0 aromatic rings. The molecule has 0 aliphatic heterocycles. The highest BCUT2D eigenvalue weighted by molar-refractivity contribution is 5.85. The van der Waals surface area contributed by atoms with E-state index in [1.807, 2.05) is 6.92 Å². The molecule has 0 rings (SSSR count). The Bertz CT molecular complexity index is 188. The molecule has 0 aromatic heterocycles. The van der Waals surface area contributed by atoms with E-state index in [0.29, 0.717) is 0 Å². The molecule has 0 aliphatic rings. The fourth-order valence-corrected chi connectivity index (χ4v) is 1.63. The highest BCUT2D eigenvalue weighted by atomic mass is 35.5. The summed E-state index contributed by atoms with van der Waals surface area (Å²) in [5, 5.41) is 17.1. The number of halogens is 1. The van der Waals surface area contributed by atoms with Gasteiger partial charge >= 0.3 is 5.97 Å². The number of nitrogens with zero attached hydrogens (tertiary/aromatic N) is 1. The number of aliphatic hydroxyl groups is 1. The summed E-state index contributed by atoms with van der Waals surface area (Å²) in [6.45, 7) is 11.4. The SMILES string of the molecule is CCCCC(CC)C(=O)O.CCN(CC)CCO.Cl. The second-order valence-corrected chi connectivity index (χ2v) is 4.34. The van der Waals surface area contributed by atoms with Crippen molar-refractivity contribution in [3.8, 4) is 0 Å². The van der Waals surface area contributed by atoms with Gasteiger partial charge in [0.1, 0.15) is 0 Å². The van der Waals surface area contributed by atoms with Gasteiger partial charge in [0.2, 0.25) is 0 Å². The third-order valence-corrected chi connectivity index (χ3v) is 3.06. The van der Waals surface area contributed by atoms with Crippen molar-refractivity contribution in [1.29, 1.82) is 0 Å². The third-order valence-electron chi connectivity index (χ3n) is 3.06. The minimum Gasteiger partial charge on any atom is -0.481 e. The van der Waals surface area contributed by atoms with E-state index in [1.165, 1.54) is 0 Å². The minimum absolute atomic E-state index is 0. The lowest BCUT2D eigenvalue weighted by atomic mass is 10.00. The van der Waals surface area contributed by atoms with Gasteiger partial charge in [0.05, 0.1) is 12.5 Å². The van der Waals surface area contributed by atoms with Gasteiger partial charge in [-0.2, -0.15) is 0 Å². The summed E-state index contributed by atoms with van der Waals surface area (Å²) in [5.41, 5.74) is 0. The molecule has 0 bridgehead atoms. The zero-order valence-corrected chi connectivity index (χ0v) is 13.7. The molecule has 0 saturated carbocycles. The van der Waals surface area contributed by atoms with Gasteiger partial charge in [0, 0.05) is 6.54 Å². The topological polar surface area (TPSA) is 60.8 Å². The molecule has 0 aliphatic carbocycles. The van der Waals surface area contributed by atoms with Crippen LogP contribution in [0.3, 0.4) is 0 Å². The van der Waals surface area contributed by atoms with Gasteiger partial charge in [-0.1, -0.05) is 40.5 Å². The lowest BCUT2D eigenvalue weighted by Crippen LogP contribution is -2.25. The monoisotopic (exact) mass is 297 g/mol. The van der Waals surface area contributed by atoms with Crippen LogP contribution < -0.4 is 0 Å². The Morgan fingerprint density at radius 1 is 1.16 bits per heavy atom. The van der Waals surface area contributed by atoms with Crippen molar-refractivity contribution in [1.82, 2.24) is 4.90 Å². The fourth-order valence-electron chi connectivity index (χ4n) is 1.63. The highest BCUT2D eigenvalue weighted by Gasteiger charge is 2.12. The number of carbonyl (C=O) groups is 1. The van der Waals surface area contributed by atoms with Gasteiger partial charge in [-0.25, -0.2) is 0 Å². The molecule has 19 heavy (non-hydrogen) atoms. The highest BCUT2D eigenvalue weighted by Crippen LogP contribution is 2.11. The first-order valence-electron chi connectivity index (χ1n) is 7.13. The number of rotatable bonds is 9. The average Bonchev–Trinajstić information content (AvgIpc) is 2.37. The van der Waals surface area contributed by atoms with Crippen LogP contribution in [0.2, 0.25) is 0 Å². The number of hydrogen-bond donors (Lipinski definition) is 2. The van der Waals surface area contributed by atoms with Crippen molar-refractivity contribution in [3.63, 3.8) is 0 Å². The van der Waals surface area contributed by atoms with E-state index >= 15 is 0 Å². The molecule has 0 spiro atoms. The van der Waals surface area contributed by atoms with Crippen molar-refractivity contribution in [2.24, 2.45) is 5.92 Å². The maximum atomic E-state index is 10.4. The molecule has 4 nitrogen and oxygen atoms in total. The van der Waals surface area contributed by atoms with Crippen LogP contribution in [0, 0.1) is 5.92 Å². The Morgan fingerprint density at radius 2 is 1.68 bits per heavy atom. The maximum absolute atomic E-state index is 10.4. The Hall–Kier alpha value is -0.320. The molecular formula is C14H32ClNO3. The third kappa shape index (κ3) is 15.6.